The minimum Gasteiger partial charge on any atom is -0.311 e. The van der Waals surface area contributed by atoms with Gasteiger partial charge in [0.15, 0.2) is 0 Å². The minimum absolute atomic E-state index is 0.425. The van der Waals surface area contributed by atoms with E-state index < -0.39 is 0 Å². The highest BCUT2D eigenvalue weighted by atomic mass is 15.1. The number of hydrogen-bond donors (Lipinski definition) is 0. The second-order valence-corrected chi connectivity index (χ2v) is 13.3. The molecule has 4 fully saturated rings. The lowest BCUT2D eigenvalue weighted by atomic mass is 9.48. The molecule has 6 aromatic rings. The molecule has 2 heteroatoms. The fraction of sp³-hybridized carbons (Fsp3) is 0.250. The van der Waals surface area contributed by atoms with Crippen LogP contribution in [0.1, 0.15) is 44.1 Å². The lowest BCUT2D eigenvalue weighted by Crippen LogP contribution is -2.48. The predicted molar refractivity (Wildman–Crippen MR) is 175 cm³/mol. The van der Waals surface area contributed by atoms with E-state index in [0.29, 0.717) is 5.41 Å². The summed E-state index contributed by atoms with van der Waals surface area (Å²) in [5.41, 5.74) is 9.26. The zero-order valence-corrected chi connectivity index (χ0v) is 24.0. The highest BCUT2D eigenvalue weighted by Gasteiger charge is 2.51. The first kappa shape index (κ1) is 24.3. The predicted octanol–water partition coefficient (Wildman–Crippen LogP) is 10.7. The van der Waals surface area contributed by atoms with Crippen LogP contribution in [-0.2, 0) is 5.41 Å². The Bertz CT molecular complexity index is 1810. The second kappa shape index (κ2) is 9.36. The number of aromatic nitrogens is 1. The molecule has 4 aliphatic rings. The zero-order chi connectivity index (χ0) is 27.7. The third-order valence-electron chi connectivity index (χ3n) is 10.7. The monoisotopic (exact) mass is 544 g/mol. The van der Waals surface area contributed by atoms with Crippen LogP contribution in [0, 0.1) is 17.8 Å². The van der Waals surface area contributed by atoms with E-state index in [-0.39, 0.29) is 0 Å². The van der Waals surface area contributed by atoms with E-state index in [2.05, 4.69) is 137 Å². The van der Waals surface area contributed by atoms with Gasteiger partial charge in [-0.3, -0.25) is 0 Å². The Kier molecular flexibility index (Phi) is 5.42. The molecule has 42 heavy (non-hydrogen) atoms. The first-order chi connectivity index (χ1) is 20.7. The van der Waals surface area contributed by atoms with Gasteiger partial charge in [0.05, 0.1) is 11.0 Å². The summed E-state index contributed by atoms with van der Waals surface area (Å²) in [6, 6.07) is 47.0. The maximum atomic E-state index is 2.46. The van der Waals surface area contributed by atoms with E-state index in [4.69, 9.17) is 0 Å². The summed E-state index contributed by atoms with van der Waals surface area (Å²) in [7, 11) is 0. The molecule has 0 unspecified atom stereocenters. The molecule has 4 bridgehead atoms. The Morgan fingerprint density at radius 3 is 1.48 bits per heavy atom. The number of fused-ring (bicyclic) bond motifs is 3. The molecule has 1 heterocycles. The molecule has 0 amide bonds. The Labute approximate surface area is 248 Å². The largest absolute Gasteiger partial charge is 0.311 e. The molecule has 10 rings (SSSR count). The van der Waals surface area contributed by atoms with Gasteiger partial charge in [0.2, 0.25) is 0 Å². The molecule has 0 N–H and O–H groups in total. The first-order valence-corrected chi connectivity index (χ1v) is 15.8. The quantitative estimate of drug-likeness (QED) is 0.210. The second-order valence-electron chi connectivity index (χ2n) is 13.3. The number of hydrogen-bond acceptors (Lipinski definition) is 1. The van der Waals surface area contributed by atoms with Crippen molar-refractivity contribution in [3.05, 3.63) is 133 Å². The lowest BCUT2D eigenvalue weighted by Gasteiger charge is -2.57. The van der Waals surface area contributed by atoms with Crippen LogP contribution in [0.3, 0.4) is 0 Å². The van der Waals surface area contributed by atoms with Crippen LogP contribution in [0.5, 0.6) is 0 Å². The van der Waals surface area contributed by atoms with Gasteiger partial charge in [-0.2, -0.15) is 0 Å². The average Bonchev–Trinajstić information content (AvgIpc) is 3.36. The summed E-state index contributed by atoms with van der Waals surface area (Å²) in [5, 5.41) is 2.59. The SMILES string of the molecule is c1ccc(N(c2ccc(-n3c4ccccc4c4ccccc43)cc2)c2ccc(C34CC5CC(CC(C5)C3)C4)cc2)cc1. The number of benzene rings is 5. The van der Waals surface area contributed by atoms with Gasteiger partial charge in [0.25, 0.3) is 0 Å². The van der Waals surface area contributed by atoms with Crippen LogP contribution in [-0.4, -0.2) is 4.57 Å². The topological polar surface area (TPSA) is 8.17 Å². The zero-order valence-electron chi connectivity index (χ0n) is 24.0. The third-order valence-corrected chi connectivity index (χ3v) is 10.7. The van der Waals surface area contributed by atoms with Crippen LogP contribution in [0.25, 0.3) is 27.5 Å². The van der Waals surface area contributed by atoms with E-state index in [1.54, 1.807) is 5.56 Å². The summed E-state index contributed by atoms with van der Waals surface area (Å²) in [5.74, 6) is 2.89. The lowest BCUT2D eigenvalue weighted by molar-refractivity contribution is -0.00518. The van der Waals surface area contributed by atoms with Crippen LogP contribution in [0.15, 0.2) is 127 Å². The van der Waals surface area contributed by atoms with Crippen molar-refractivity contribution in [1.82, 2.24) is 4.57 Å². The molecular formula is C40H36N2. The van der Waals surface area contributed by atoms with Gasteiger partial charge < -0.3 is 9.47 Å². The van der Waals surface area contributed by atoms with Crippen LogP contribution < -0.4 is 4.90 Å². The van der Waals surface area contributed by atoms with Crippen molar-refractivity contribution < 1.29 is 0 Å². The van der Waals surface area contributed by atoms with Crippen LogP contribution in [0.2, 0.25) is 0 Å². The normalized spacial score (nSPS) is 24.4. The maximum Gasteiger partial charge on any atom is 0.0541 e. The first-order valence-electron chi connectivity index (χ1n) is 15.8. The van der Waals surface area contributed by atoms with Crippen molar-refractivity contribution in [3.8, 4) is 5.69 Å². The van der Waals surface area contributed by atoms with Gasteiger partial charge in [-0.15, -0.1) is 0 Å². The molecule has 206 valence electrons. The van der Waals surface area contributed by atoms with E-state index in [9.17, 15) is 0 Å². The van der Waals surface area contributed by atoms with E-state index in [1.807, 2.05) is 0 Å². The van der Waals surface area contributed by atoms with Crippen molar-refractivity contribution in [2.75, 3.05) is 4.90 Å². The molecule has 4 saturated carbocycles. The molecule has 0 atom stereocenters. The average molecular weight is 545 g/mol. The van der Waals surface area contributed by atoms with E-state index >= 15 is 0 Å². The van der Waals surface area contributed by atoms with Crippen molar-refractivity contribution in [1.29, 1.82) is 0 Å². The van der Waals surface area contributed by atoms with Gasteiger partial charge >= 0.3 is 0 Å². The molecule has 0 saturated heterocycles. The van der Waals surface area contributed by atoms with Crippen LogP contribution >= 0.6 is 0 Å². The van der Waals surface area contributed by atoms with Crippen LogP contribution in [0.4, 0.5) is 17.1 Å². The Morgan fingerprint density at radius 1 is 0.476 bits per heavy atom. The smallest absolute Gasteiger partial charge is 0.0541 e. The molecule has 4 aliphatic carbocycles. The number of anilines is 3. The Morgan fingerprint density at radius 2 is 0.929 bits per heavy atom. The molecule has 0 spiro atoms. The Hall–Kier alpha value is -4.30. The molecular weight excluding hydrogens is 508 g/mol. The number of rotatable bonds is 5. The number of para-hydroxylation sites is 3. The molecule has 2 nitrogen and oxygen atoms in total. The minimum atomic E-state index is 0.425. The van der Waals surface area contributed by atoms with Gasteiger partial charge in [-0.1, -0.05) is 66.7 Å². The van der Waals surface area contributed by atoms with E-state index in [0.717, 1.165) is 17.8 Å². The fourth-order valence-electron chi connectivity index (χ4n) is 9.40. The molecule has 5 aromatic carbocycles. The van der Waals surface area contributed by atoms with Crippen molar-refractivity contribution in [2.45, 2.75) is 43.9 Å². The van der Waals surface area contributed by atoms with Crippen molar-refractivity contribution in [2.24, 2.45) is 17.8 Å². The van der Waals surface area contributed by atoms with E-state index in [1.165, 1.54) is 83.1 Å². The number of nitrogens with zero attached hydrogens (tertiary/aromatic N) is 2. The van der Waals surface area contributed by atoms with Crippen molar-refractivity contribution in [3.63, 3.8) is 0 Å². The maximum absolute atomic E-state index is 2.46. The Balaban J connectivity index is 1.10. The molecule has 0 radical (unpaired) electrons. The van der Waals surface area contributed by atoms with Gasteiger partial charge in [0, 0.05) is 33.5 Å². The summed E-state index contributed by atoms with van der Waals surface area (Å²) < 4.78 is 2.39. The summed E-state index contributed by atoms with van der Waals surface area (Å²) in [6.45, 7) is 0. The fourth-order valence-corrected chi connectivity index (χ4v) is 9.40. The third kappa shape index (κ3) is 3.78. The van der Waals surface area contributed by atoms with Crippen molar-refractivity contribution >= 4 is 38.9 Å². The summed E-state index contributed by atoms with van der Waals surface area (Å²) in [4.78, 5) is 2.40. The van der Waals surface area contributed by atoms with Gasteiger partial charge in [0.1, 0.15) is 0 Å². The summed E-state index contributed by atoms with van der Waals surface area (Å²) >= 11 is 0. The molecule has 1 aromatic heterocycles. The van der Waals surface area contributed by atoms with Gasteiger partial charge in [-0.05, 0) is 128 Å². The standard InChI is InChI=1S/C40H36N2/c1-2-8-32(9-3-1)41(33-16-14-31(15-17-33)40-25-28-22-29(26-40)24-30(23-28)27-40)34-18-20-35(21-19-34)42-38-12-6-4-10-36(38)37-11-5-7-13-39(37)42/h1-21,28-30H,22-27H2. The van der Waals surface area contributed by atoms with Gasteiger partial charge in [-0.25, -0.2) is 0 Å². The summed E-state index contributed by atoms with van der Waals surface area (Å²) in [6.07, 6.45) is 8.69. The highest BCUT2D eigenvalue weighted by molar-refractivity contribution is 6.09. The highest BCUT2D eigenvalue weighted by Crippen LogP contribution is 2.60. The molecule has 0 aliphatic heterocycles.